The zero-order valence-corrected chi connectivity index (χ0v) is 16.6. The van der Waals surface area contributed by atoms with Crippen LogP contribution in [-0.4, -0.2) is 31.1 Å². The highest BCUT2D eigenvalue weighted by Crippen LogP contribution is 2.41. The van der Waals surface area contributed by atoms with Gasteiger partial charge >= 0.3 is 0 Å². The Morgan fingerprint density at radius 1 is 1.38 bits per heavy atom. The number of thiazole rings is 1. The standard InChI is InChI=1S/C19H25N3O2S.ClH/c1-24-15-6-4-5-14(11-15)19(8-2-3-9-19)13-21-18(23)16-12-25-17(22-16)7-10-20;/h4-6,11-12H,2-3,7-10,13,20H2,1H3,(H,21,23);1H. The number of halogens is 1. The fourth-order valence-corrected chi connectivity index (χ4v) is 4.36. The lowest BCUT2D eigenvalue weighted by Gasteiger charge is -2.30. The molecule has 0 spiro atoms. The molecule has 1 aliphatic carbocycles. The zero-order chi connectivity index (χ0) is 17.7. The van der Waals surface area contributed by atoms with E-state index >= 15 is 0 Å². The van der Waals surface area contributed by atoms with Crippen molar-refractivity contribution in [2.75, 3.05) is 20.2 Å². The molecule has 3 N–H and O–H groups in total. The molecule has 1 saturated carbocycles. The van der Waals surface area contributed by atoms with Crippen molar-refractivity contribution in [3.63, 3.8) is 0 Å². The molecule has 0 aliphatic heterocycles. The number of amides is 1. The van der Waals surface area contributed by atoms with E-state index in [-0.39, 0.29) is 23.7 Å². The highest BCUT2D eigenvalue weighted by molar-refractivity contribution is 7.09. The third kappa shape index (κ3) is 4.55. The van der Waals surface area contributed by atoms with E-state index < -0.39 is 0 Å². The van der Waals surface area contributed by atoms with Gasteiger partial charge in [-0.2, -0.15) is 0 Å². The molecule has 1 heterocycles. The minimum absolute atomic E-state index is 0. The van der Waals surface area contributed by atoms with Crippen LogP contribution in [0.3, 0.4) is 0 Å². The quantitative estimate of drug-likeness (QED) is 0.753. The van der Waals surface area contributed by atoms with Crippen molar-refractivity contribution in [2.45, 2.75) is 37.5 Å². The number of hydrogen-bond donors (Lipinski definition) is 2. The Balaban J connectivity index is 0.00000243. The molecular formula is C19H26ClN3O2S. The summed E-state index contributed by atoms with van der Waals surface area (Å²) in [5.74, 6) is 0.759. The van der Waals surface area contributed by atoms with Crippen LogP contribution in [0.5, 0.6) is 5.75 Å². The minimum atomic E-state index is -0.103. The zero-order valence-electron chi connectivity index (χ0n) is 15.0. The Morgan fingerprint density at radius 3 is 2.85 bits per heavy atom. The highest BCUT2D eigenvalue weighted by atomic mass is 35.5. The Morgan fingerprint density at radius 2 is 2.15 bits per heavy atom. The van der Waals surface area contributed by atoms with Crippen LogP contribution in [0.2, 0.25) is 0 Å². The number of carbonyl (C=O) groups excluding carboxylic acids is 1. The van der Waals surface area contributed by atoms with Gasteiger partial charge in [-0.3, -0.25) is 4.79 Å². The van der Waals surface area contributed by atoms with E-state index in [9.17, 15) is 4.79 Å². The van der Waals surface area contributed by atoms with E-state index in [1.165, 1.54) is 29.7 Å². The van der Waals surface area contributed by atoms with Gasteiger partial charge in [0.25, 0.3) is 5.91 Å². The summed E-state index contributed by atoms with van der Waals surface area (Å²) in [5.41, 5.74) is 7.27. The molecule has 1 aromatic heterocycles. The number of rotatable bonds is 7. The lowest BCUT2D eigenvalue weighted by atomic mass is 9.78. The smallest absolute Gasteiger partial charge is 0.270 e. The number of nitrogens with one attached hydrogen (secondary N) is 1. The van der Waals surface area contributed by atoms with Crippen LogP contribution in [0.1, 0.15) is 46.7 Å². The molecular weight excluding hydrogens is 370 g/mol. The van der Waals surface area contributed by atoms with Crippen LogP contribution in [0.25, 0.3) is 0 Å². The van der Waals surface area contributed by atoms with Crippen molar-refractivity contribution < 1.29 is 9.53 Å². The summed E-state index contributed by atoms with van der Waals surface area (Å²) < 4.78 is 5.37. The second-order valence-electron chi connectivity index (χ2n) is 6.57. The average molecular weight is 396 g/mol. The highest BCUT2D eigenvalue weighted by Gasteiger charge is 2.36. The van der Waals surface area contributed by atoms with E-state index in [0.29, 0.717) is 25.2 Å². The van der Waals surface area contributed by atoms with E-state index in [1.54, 1.807) is 7.11 Å². The summed E-state index contributed by atoms with van der Waals surface area (Å²) in [6.07, 6.45) is 5.24. The van der Waals surface area contributed by atoms with Gasteiger partial charge in [0.1, 0.15) is 11.4 Å². The minimum Gasteiger partial charge on any atom is -0.497 e. The summed E-state index contributed by atoms with van der Waals surface area (Å²) in [7, 11) is 1.68. The van der Waals surface area contributed by atoms with Crippen LogP contribution in [0.4, 0.5) is 0 Å². The van der Waals surface area contributed by atoms with Gasteiger partial charge in [-0.25, -0.2) is 4.98 Å². The van der Waals surface area contributed by atoms with Gasteiger partial charge in [0.15, 0.2) is 0 Å². The lowest BCUT2D eigenvalue weighted by molar-refractivity contribution is 0.0938. The van der Waals surface area contributed by atoms with Gasteiger partial charge in [0.05, 0.1) is 12.1 Å². The number of carbonyl (C=O) groups is 1. The van der Waals surface area contributed by atoms with Crippen LogP contribution in [0.15, 0.2) is 29.6 Å². The van der Waals surface area contributed by atoms with Crippen molar-refractivity contribution >= 4 is 29.7 Å². The number of methoxy groups -OCH3 is 1. The predicted molar refractivity (Wildman–Crippen MR) is 108 cm³/mol. The van der Waals surface area contributed by atoms with Crippen LogP contribution < -0.4 is 15.8 Å². The lowest BCUT2D eigenvalue weighted by Crippen LogP contribution is -2.39. The maximum Gasteiger partial charge on any atom is 0.270 e. The fourth-order valence-electron chi connectivity index (χ4n) is 3.57. The number of aromatic nitrogens is 1. The molecule has 0 radical (unpaired) electrons. The molecule has 0 bridgehead atoms. The molecule has 7 heteroatoms. The number of ether oxygens (including phenoxy) is 1. The van der Waals surface area contributed by atoms with Gasteiger partial charge in [0, 0.05) is 23.8 Å². The van der Waals surface area contributed by atoms with Gasteiger partial charge in [-0.15, -0.1) is 23.7 Å². The molecule has 1 aromatic carbocycles. The number of hydrogen-bond acceptors (Lipinski definition) is 5. The molecule has 26 heavy (non-hydrogen) atoms. The monoisotopic (exact) mass is 395 g/mol. The van der Waals surface area contributed by atoms with Gasteiger partial charge in [-0.05, 0) is 37.1 Å². The summed E-state index contributed by atoms with van der Waals surface area (Å²) >= 11 is 1.49. The Kier molecular flexibility index (Phi) is 7.43. The van der Waals surface area contributed by atoms with Crippen molar-refractivity contribution in [1.29, 1.82) is 0 Å². The molecule has 5 nitrogen and oxygen atoms in total. The molecule has 142 valence electrons. The van der Waals surface area contributed by atoms with Crippen LogP contribution in [-0.2, 0) is 11.8 Å². The summed E-state index contributed by atoms with van der Waals surface area (Å²) in [6.45, 7) is 1.18. The first-order valence-electron chi connectivity index (χ1n) is 8.74. The largest absolute Gasteiger partial charge is 0.497 e. The number of nitrogens with two attached hydrogens (primary N) is 1. The molecule has 3 rings (SSSR count). The van der Waals surface area contributed by atoms with Crippen molar-refractivity contribution in [1.82, 2.24) is 10.3 Å². The molecule has 0 unspecified atom stereocenters. The van der Waals surface area contributed by atoms with E-state index in [1.807, 2.05) is 17.5 Å². The Labute approximate surface area is 164 Å². The average Bonchev–Trinajstić information content (AvgIpc) is 3.30. The second-order valence-corrected chi connectivity index (χ2v) is 7.51. The molecule has 2 aromatic rings. The third-order valence-electron chi connectivity index (χ3n) is 4.97. The topological polar surface area (TPSA) is 77.2 Å². The number of nitrogens with zero attached hydrogens (tertiary/aromatic N) is 1. The van der Waals surface area contributed by atoms with E-state index in [0.717, 1.165) is 23.6 Å². The Hall–Kier alpha value is -1.63. The second kappa shape index (κ2) is 9.35. The summed E-state index contributed by atoms with van der Waals surface area (Å²) in [6, 6.07) is 8.22. The number of benzene rings is 1. The normalized spacial score (nSPS) is 15.3. The first kappa shape index (κ1) is 20.7. The predicted octanol–water partition coefficient (Wildman–Crippen LogP) is 3.32. The van der Waals surface area contributed by atoms with Crippen molar-refractivity contribution in [3.05, 3.63) is 45.9 Å². The van der Waals surface area contributed by atoms with E-state index in [4.69, 9.17) is 10.5 Å². The molecule has 0 saturated heterocycles. The fraction of sp³-hybridized carbons (Fsp3) is 0.474. The Bertz CT molecular complexity index is 729. The van der Waals surface area contributed by atoms with Crippen molar-refractivity contribution in [3.8, 4) is 5.75 Å². The molecule has 1 aliphatic rings. The van der Waals surface area contributed by atoms with Crippen LogP contribution in [0, 0.1) is 0 Å². The molecule has 1 fully saturated rings. The van der Waals surface area contributed by atoms with Gasteiger partial charge < -0.3 is 15.8 Å². The summed E-state index contributed by atoms with van der Waals surface area (Å²) in [4.78, 5) is 16.9. The maximum atomic E-state index is 12.5. The SMILES string of the molecule is COc1cccc(C2(CNC(=O)c3csc(CCN)n3)CCCC2)c1.Cl. The van der Waals surface area contributed by atoms with Crippen LogP contribution >= 0.6 is 23.7 Å². The first-order chi connectivity index (χ1) is 12.2. The summed E-state index contributed by atoms with van der Waals surface area (Å²) in [5, 5.41) is 5.83. The van der Waals surface area contributed by atoms with E-state index in [2.05, 4.69) is 22.4 Å². The maximum absolute atomic E-state index is 12.5. The van der Waals surface area contributed by atoms with Gasteiger partial charge in [0.2, 0.25) is 0 Å². The van der Waals surface area contributed by atoms with Crippen molar-refractivity contribution in [2.24, 2.45) is 5.73 Å². The molecule has 0 atom stereocenters. The molecule has 1 amide bonds. The third-order valence-corrected chi connectivity index (χ3v) is 5.88. The van der Waals surface area contributed by atoms with Gasteiger partial charge in [-0.1, -0.05) is 25.0 Å². The first-order valence-corrected chi connectivity index (χ1v) is 9.62.